The summed E-state index contributed by atoms with van der Waals surface area (Å²) in [6.45, 7) is -2.91. The number of hydrogen-bond acceptors (Lipinski definition) is 6. The molecule has 0 bridgehead atoms. The lowest BCUT2D eigenvalue weighted by Gasteiger charge is -2.10. The molecule has 1 unspecified atom stereocenters. The molecule has 1 aromatic carbocycles. The van der Waals surface area contributed by atoms with Crippen LogP contribution in [0.5, 0.6) is 17.2 Å². The van der Waals surface area contributed by atoms with Crippen LogP contribution in [0.25, 0.3) is 0 Å². The summed E-state index contributed by atoms with van der Waals surface area (Å²) in [7, 11) is 1.48. The number of rotatable bonds is 6. The van der Waals surface area contributed by atoms with E-state index in [1.165, 1.54) is 32.5 Å². The summed E-state index contributed by atoms with van der Waals surface area (Å²) in [4.78, 5) is 8.45. The van der Waals surface area contributed by atoms with Crippen LogP contribution in [-0.4, -0.2) is 35.2 Å². The summed E-state index contributed by atoms with van der Waals surface area (Å²) in [6.07, 6.45) is 1.54. The Labute approximate surface area is 150 Å². The molecule has 2 aromatic rings. The minimum atomic E-state index is -2.91. The SMILES string of the molecule is COc1ccnc(CS(=O)C2=Nc3cc(OC(F)F)ccc3[NH2+]2)c1OC. The molecule has 0 saturated heterocycles. The van der Waals surface area contributed by atoms with Crippen molar-refractivity contribution in [1.82, 2.24) is 4.98 Å². The first kappa shape index (κ1) is 18.2. The number of hydrogen-bond donors (Lipinski definition) is 1. The van der Waals surface area contributed by atoms with Gasteiger partial charge in [0.15, 0.2) is 17.2 Å². The second kappa shape index (κ2) is 7.75. The Balaban J connectivity index is 1.79. The normalized spacial score (nSPS) is 14.0. The maximum absolute atomic E-state index is 12.7. The monoisotopic (exact) mass is 384 g/mol. The number of pyridine rings is 1. The highest BCUT2D eigenvalue weighted by molar-refractivity contribution is 7.99. The second-order valence-electron chi connectivity index (χ2n) is 5.18. The molecule has 1 aliphatic heterocycles. The Morgan fingerprint density at radius 2 is 2.04 bits per heavy atom. The number of halogens is 2. The molecule has 3 rings (SSSR count). The van der Waals surface area contributed by atoms with Gasteiger partial charge in [-0.2, -0.15) is 13.8 Å². The molecule has 1 aliphatic rings. The van der Waals surface area contributed by atoms with Gasteiger partial charge >= 0.3 is 6.61 Å². The van der Waals surface area contributed by atoms with Crippen LogP contribution >= 0.6 is 0 Å². The first-order valence-electron chi connectivity index (χ1n) is 7.48. The van der Waals surface area contributed by atoms with Gasteiger partial charge in [0.25, 0.3) is 5.17 Å². The van der Waals surface area contributed by atoms with E-state index in [2.05, 4.69) is 14.7 Å². The van der Waals surface area contributed by atoms with E-state index in [4.69, 9.17) is 9.47 Å². The minimum absolute atomic E-state index is 0.000867. The largest absolute Gasteiger partial charge is 0.493 e. The van der Waals surface area contributed by atoms with E-state index in [-0.39, 0.29) is 11.5 Å². The third-order valence-corrected chi connectivity index (χ3v) is 4.82. The van der Waals surface area contributed by atoms with Crippen molar-refractivity contribution < 1.29 is 32.5 Å². The fraction of sp³-hybridized carbons (Fsp3) is 0.250. The number of alkyl halides is 2. The van der Waals surface area contributed by atoms with E-state index in [0.717, 1.165) is 0 Å². The summed E-state index contributed by atoms with van der Waals surface area (Å²) in [5.41, 5.74) is 1.58. The average Bonchev–Trinajstić information content (AvgIpc) is 3.04. The highest BCUT2D eigenvalue weighted by Gasteiger charge is 2.27. The first-order valence-corrected chi connectivity index (χ1v) is 8.80. The van der Waals surface area contributed by atoms with Gasteiger partial charge in [0.2, 0.25) is 0 Å². The van der Waals surface area contributed by atoms with Gasteiger partial charge in [-0.15, -0.1) is 0 Å². The molecular weight excluding hydrogens is 368 g/mol. The molecule has 26 heavy (non-hydrogen) atoms. The van der Waals surface area contributed by atoms with E-state index in [1.807, 2.05) is 0 Å². The van der Waals surface area contributed by atoms with Gasteiger partial charge in [-0.25, -0.2) is 4.21 Å². The molecule has 0 aliphatic carbocycles. The number of fused-ring (bicyclic) bond motifs is 1. The summed E-state index contributed by atoms with van der Waals surface area (Å²) >= 11 is 0. The van der Waals surface area contributed by atoms with Crippen molar-refractivity contribution in [3.63, 3.8) is 0 Å². The molecule has 0 radical (unpaired) electrons. The van der Waals surface area contributed by atoms with Crippen LogP contribution in [0.3, 0.4) is 0 Å². The van der Waals surface area contributed by atoms with Gasteiger partial charge in [0.05, 0.1) is 25.7 Å². The lowest BCUT2D eigenvalue weighted by molar-refractivity contribution is -0.432. The summed E-state index contributed by atoms with van der Waals surface area (Å²) in [5.74, 6) is 0.972. The molecule has 0 amide bonds. The first-order chi connectivity index (χ1) is 12.5. The van der Waals surface area contributed by atoms with E-state index in [0.29, 0.717) is 33.7 Å². The van der Waals surface area contributed by atoms with Crippen molar-refractivity contribution in [3.05, 3.63) is 36.2 Å². The summed E-state index contributed by atoms with van der Waals surface area (Å²) in [5, 5.41) is 1.96. The van der Waals surface area contributed by atoms with Gasteiger partial charge in [0, 0.05) is 24.4 Å². The zero-order valence-electron chi connectivity index (χ0n) is 13.9. The topological polar surface area (TPSA) is 86.6 Å². The Hall–Kier alpha value is -2.59. The van der Waals surface area contributed by atoms with Gasteiger partial charge in [-0.05, 0) is 6.07 Å². The van der Waals surface area contributed by atoms with Crippen molar-refractivity contribution >= 4 is 27.3 Å². The number of aromatic nitrogens is 1. The number of quaternary nitrogens is 1. The molecule has 10 heteroatoms. The van der Waals surface area contributed by atoms with Crippen molar-refractivity contribution in [2.45, 2.75) is 12.4 Å². The molecule has 2 N–H and O–H groups in total. The van der Waals surface area contributed by atoms with Crippen LogP contribution in [0.15, 0.2) is 35.5 Å². The van der Waals surface area contributed by atoms with E-state index >= 15 is 0 Å². The Morgan fingerprint density at radius 3 is 2.73 bits per heavy atom. The van der Waals surface area contributed by atoms with Crippen LogP contribution in [0.1, 0.15) is 5.69 Å². The quantitative estimate of drug-likeness (QED) is 0.768. The number of nitrogens with two attached hydrogens (primary N) is 1. The van der Waals surface area contributed by atoms with Crippen molar-refractivity contribution in [1.29, 1.82) is 0 Å². The number of aliphatic imine (C=N–C) groups is 1. The third kappa shape index (κ3) is 3.81. The number of amidine groups is 1. The molecule has 138 valence electrons. The standard InChI is InChI=1S/C16H15F2N3O4S/c1-23-13-5-6-19-12(14(13)24-2)8-26(22)16-20-10-4-3-9(25-15(17)18)7-11(10)21-16/h3-7,15H,8H2,1-2H3,(H,20,21)/p+1. The summed E-state index contributed by atoms with van der Waals surface area (Å²) in [6, 6.07) is 6.03. The predicted molar refractivity (Wildman–Crippen MR) is 90.9 cm³/mol. The van der Waals surface area contributed by atoms with Crippen molar-refractivity contribution in [2.24, 2.45) is 4.99 Å². The summed E-state index contributed by atoms with van der Waals surface area (Å²) < 4.78 is 52.1. The number of ether oxygens (including phenoxy) is 3. The lowest BCUT2D eigenvalue weighted by Crippen LogP contribution is -2.81. The smallest absolute Gasteiger partial charge is 0.387 e. The molecule has 1 aromatic heterocycles. The molecular formula is C16H16F2N3O4S+. The maximum Gasteiger partial charge on any atom is 0.387 e. The maximum atomic E-state index is 12.7. The van der Waals surface area contributed by atoms with E-state index < -0.39 is 17.4 Å². The Bertz CT molecular complexity index is 877. The number of methoxy groups -OCH3 is 2. The van der Waals surface area contributed by atoms with Gasteiger partial charge in [-0.3, -0.25) is 10.3 Å². The lowest BCUT2D eigenvalue weighted by atomic mass is 10.2. The highest BCUT2D eigenvalue weighted by atomic mass is 32.2. The zero-order valence-corrected chi connectivity index (χ0v) is 14.8. The molecule has 7 nitrogen and oxygen atoms in total. The van der Waals surface area contributed by atoms with Crippen molar-refractivity contribution in [3.8, 4) is 17.2 Å². The molecule has 0 fully saturated rings. The number of nitrogens with zero attached hydrogens (tertiary/aromatic N) is 2. The van der Waals surface area contributed by atoms with Crippen molar-refractivity contribution in [2.75, 3.05) is 14.2 Å². The van der Waals surface area contributed by atoms with Crippen LogP contribution in [0.2, 0.25) is 0 Å². The molecule has 0 saturated carbocycles. The van der Waals surface area contributed by atoms with Gasteiger partial charge in [-0.1, -0.05) is 0 Å². The third-order valence-electron chi connectivity index (χ3n) is 3.60. The zero-order chi connectivity index (χ0) is 18.7. The van der Waals surface area contributed by atoms with Crippen LogP contribution in [0.4, 0.5) is 20.2 Å². The molecule has 0 spiro atoms. The minimum Gasteiger partial charge on any atom is -0.493 e. The van der Waals surface area contributed by atoms with E-state index in [1.54, 1.807) is 17.4 Å². The van der Waals surface area contributed by atoms with Gasteiger partial charge < -0.3 is 14.2 Å². The van der Waals surface area contributed by atoms with E-state index in [9.17, 15) is 13.0 Å². The highest BCUT2D eigenvalue weighted by Crippen LogP contribution is 2.32. The molecule has 2 heterocycles. The number of benzene rings is 1. The Morgan fingerprint density at radius 1 is 1.23 bits per heavy atom. The molecule has 1 atom stereocenters. The Kier molecular flexibility index (Phi) is 5.43. The average molecular weight is 384 g/mol. The van der Waals surface area contributed by atoms with Crippen LogP contribution < -0.4 is 19.5 Å². The fourth-order valence-corrected chi connectivity index (χ4v) is 3.53. The second-order valence-corrected chi connectivity index (χ2v) is 6.57. The van der Waals surface area contributed by atoms with Crippen LogP contribution in [-0.2, 0) is 16.6 Å². The predicted octanol–water partition coefficient (Wildman–Crippen LogP) is 1.85. The van der Waals surface area contributed by atoms with Crippen LogP contribution in [0, 0.1) is 0 Å². The fourth-order valence-electron chi connectivity index (χ4n) is 2.47. The van der Waals surface area contributed by atoms with Gasteiger partial charge in [0.1, 0.15) is 22.2 Å².